The first-order chi connectivity index (χ1) is 12.4. The van der Waals surface area contributed by atoms with Crippen LogP contribution in [0.2, 0.25) is 0 Å². The molecular formula is C20H26N2O4. The highest BCUT2D eigenvalue weighted by atomic mass is 16.5. The highest BCUT2D eigenvalue weighted by Gasteiger charge is 2.55. The highest BCUT2D eigenvalue weighted by molar-refractivity contribution is 5.95. The van der Waals surface area contributed by atoms with Crippen molar-refractivity contribution in [2.24, 2.45) is 11.3 Å². The lowest BCUT2D eigenvalue weighted by molar-refractivity contribution is -0.153. The van der Waals surface area contributed by atoms with Gasteiger partial charge < -0.3 is 19.6 Å². The highest BCUT2D eigenvalue weighted by Crippen LogP contribution is 2.42. The van der Waals surface area contributed by atoms with Crippen LogP contribution in [0.4, 0.5) is 0 Å². The van der Waals surface area contributed by atoms with Gasteiger partial charge >= 0.3 is 5.97 Å². The largest absolute Gasteiger partial charge is 0.496 e. The van der Waals surface area contributed by atoms with Crippen molar-refractivity contribution in [3.63, 3.8) is 0 Å². The van der Waals surface area contributed by atoms with Crippen molar-refractivity contribution < 1.29 is 19.4 Å². The number of likely N-dealkylation sites (tertiary alicyclic amines) is 2. The Bertz CT molecular complexity index is 733. The average molecular weight is 358 g/mol. The van der Waals surface area contributed by atoms with Crippen LogP contribution in [0.1, 0.15) is 22.3 Å². The summed E-state index contributed by atoms with van der Waals surface area (Å²) in [5.41, 5.74) is 0.604. The number of rotatable bonds is 5. The quantitative estimate of drug-likeness (QED) is 0.814. The summed E-state index contributed by atoms with van der Waals surface area (Å²) in [5, 5.41) is 9.88. The topological polar surface area (TPSA) is 70.1 Å². The minimum atomic E-state index is -0.862. The molecule has 1 aromatic rings. The summed E-state index contributed by atoms with van der Waals surface area (Å²) in [6.45, 7) is 5.87. The summed E-state index contributed by atoms with van der Waals surface area (Å²) >= 11 is 0. The van der Waals surface area contributed by atoms with Gasteiger partial charge in [-0.3, -0.25) is 9.59 Å². The molecule has 0 unspecified atom stereocenters. The van der Waals surface area contributed by atoms with Crippen molar-refractivity contribution in [2.75, 3.05) is 40.3 Å². The van der Waals surface area contributed by atoms with E-state index in [9.17, 15) is 14.7 Å². The number of carbonyl (C=O) groups excluding carboxylic acids is 1. The van der Waals surface area contributed by atoms with Crippen LogP contribution in [0.5, 0.6) is 5.75 Å². The lowest BCUT2D eigenvalue weighted by Gasteiger charge is -2.39. The molecule has 1 aromatic carbocycles. The number of hydrogen-bond acceptors (Lipinski definition) is 4. The number of methoxy groups -OCH3 is 1. The van der Waals surface area contributed by atoms with Crippen LogP contribution in [-0.4, -0.2) is 67.1 Å². The number of carbonyl (C=O) groups is 2. The number of piperidine rings is 1. The van der Waals surface area contributed by atoms with Gasteiger partial charge in [0, 0.05) is 25.2 Å². The molecule has 6 nitrogen and oxygen atoms in total. The predicted molar refractivity (Wildman–Crippen MR) is 98.5 cm³/mol. The first kappa shape index (κ1) is 18.5. The zero-order chi connectivity index (χ0) is 18.9. The summed E-state index contributed by atoms with van der Waals surface area (Å²) < 4.78 is 5.34. The number of aliphatic carboxylic acids is 1. The van der Waals surface area contributed by atoms with E-state index in [0.29, 0.717) is 25.1 Å². The molecular weight excluding hydrogens is 332 g/mol. The zero-order valence-electron chi connectivity index (χ0n) is 15.4. The average Bonchev–Trinajstić information content (AvgIpc) is 3.01. The molecule has 2 aliphatic heterocycles. The van der Waals surface area contributed by atoms with E-state index < -0.39 is 11.4 Å². The number of nitrogens with zero attached hydrogens (tertiary/aromatic N) is 2. The van der Waals surface area contributed by atoms with Crippen molar-refractivity contribution in [1.29, 1.82) is 0 Å². The number of fused-ring (bicyclic) bond motifs is 1. The van der Waals surface area contributed by atoms with Crippen molar-refractivity contribution in [3.8, 4) is 5.75 Å². The van der Waals surface area contributed by atoms with E-state index in [2.05, 4.69) is 6.58 Å². The molecule has 0 aromatic heterocycles. The molecule has 2 aliphatic rings. The van der Waals surface area contributed by atoms with E-state index in [-0.39, 0.29) is 18.4 Å². The Labute approximate surface area is 154 Å². The zero-order valence-corrected chi connectivity index (χ0v) is 15.4. The number of carboxylic acid groups (broad SMARTS) is 1. The van der Waals surface area contributed by atoms with E-state index in [1.807, 2.05) is 18.0 Å². The van der Waals surface area contributed by atoms with E-state index in [1.54, 1.807) is 30.2 Å². The number of hydrogen-bond donors (Lipinski definition) is 1. The number of allylic oxidation sites excluding steroid dienone is 1. The molecule has 0 saturated carbocycles. The molecule has 26 heavy (non-hydrogen) atoms. The smallest absolute Gasteiger partial charge is 0.313 e. The minimum Gasteiger partial charge on any atom is -0.496 e. The maximum Gasteiger partial charge on any atom is 0.313 e. The molecule has 2 saturated heterocycles. The van der Waals surface area contributed by atoms with E-state index >= 15 is 0 Å². The summed E-state index contributed by atoms with van der Waals surface area (Å²) in [6, 6.07) is 5.36. The summed E-state index contributed by atoms with van der Waals surface area (Å²) in [5.74, 6) is -0.187. The Kier molecular flexibility index (Phi) is 5.05. The Hall–Kier alpha value is -2.34. The van der Waals surface area contributed by atoms with Gasteiger partial charge in [-0.15, -0.1) is 6.58 Å². The van der Waals surface area contributed by atoms with Crippen LogP contribution >= 0.6 is 0 Å². The molecule has 0 aliphatic carbocycles. The van der Waals surface area contributed by atoms with Crippen LogP contribution < -0.4 is 4.74 Å². The molecule has 6 heteroatoms. The molecule has 0 radical (unpaired) electrons. The van der Waals surface area contributed by atoms with Crippen LogP contribution in [0.25, 0.3) is 0 Å². The number of ether oxygens (including phenoxy) is 1. The van der Waals surface area contributed by atoms with Crippen molar-refractivity contribution in [3.05, 3.63) is 42.0 Å². The Balaban J connectivity index is 1.86. The van der Waals surface area contributed by atoms with Crippen molar-refractivity contribution in [2.45, 2.75) is 12.8 Å². The minimum absolute atomic E-state index is 0.00560. The standard InChI is InChI=1S/C20H26N2O4/c1-4-5-14-10-15(6-7-17(14)26-3)18(23)22-11-16-8-9-21(2)12-20(16,13-22)19(24)25/h4,6-7,10,16H,1,5,8-9,11-13H2,2-3H3,(H,24,25)/t16-,20-/m0/s1. The van der Waals surface area contributed by atoms with E-state index in [1.165, 1.54) is 0 Å². The fourth-order valence-electron chi connectivity index (χ4n) is 4.33. The van der Waals surface area contributed by atoms with Crippen LogP contribution in [0.15, 0.2) is 30.9 Å². The fraction of sp³-hybridized carbons (Fsp3) is 0.500. The fourth-order valence-corrected chi connectivity index (χ4v) is 4.33. The molecule has 2 heterocycles. The Morgan fingerprint density at radius 2 is 2.19 bits per heavy atom. The molecule has 0 bridgehead atoms. The number of amides is 1. The lowest BCUT2D eigenvalue weighted by Crippen LogP contribution is -2.52. The maximum absolute atomic E-state index is 13.0. The second kappa shape index (κ2) is 7.11. The van der Waals surface area contributed by atoms with Crippen LogP contribution in [-0.2, 0) is 11.2 Å². The van der Waals surface area contributed by atoms with Gasteiger partial charge in [0.2, 0.25) is 0 Å². The van der Waals surface area contributed by atoms with Crippen molar-refractivity contribution >= 4 is 11.9 Å². The van der Waals surface area contributed by atoms with Gasteiger partial charge in [0.25, 0.3) is 5.91 Å². The third-order valence-electron chi connectivity index (χ3n) is 5.71. The van der Waals surface area contributed by atoms with Gasteiger partial charge in [0.05, 0.1) is 7.11 Å². The van der Waals surface area contributed by atoms with Gasteiger partial charge in [-0.05, 0) is 56.1 Å². The molecule has 1 N–H and O–H groups in total. The third-order valence-corrected chi connectivity index (χ3v) is 5.71. The SMILES string of the molecule is C=CCc1cc(C(=O)N2C[C@@H]3CCN(C)C[C@]3(C(=O)O)C2)ccc1OC. The number of benzene rings is 1. The second-order valence-electron chi connectivity index (χ2n) is 7.39. The molecule has 1 amide bonds. The summed E-state index contributed by atoms with van der Waals surface area (Å²) in [7, 11) is 3.54. The second-order valence-corrected chi connectivity index (χ2v) is 7.39. The van der Waals surface area contributed by atoms with Gasteiger partial charge in [-0.1, -0.05) is 6.08 Å². The molecule has 0 spiro atoms. The summed E-state index contributed by atoms with van der Waals surface area (Å²) in [6.07, 6.45) is 3.18. The maximum atomic E-state index is 13.0. The first-order valence-corrected chi connectivity index (χ1v) is 8.90. The predicted octanol–water partition coefficient (Wildman–Crippen LogP) is 1.90. The van der Waals surface area contributed by atoms with E-state index in [0.717, 1.165) is 24.3 Å². The molecule has 2 atom stereocenters. The van der Waals surface area contributed by atoms with Crippen LogP contribution in [0, 0.1) is 11.3 Å². The molecule has 140 valence electrons. The van der Waals surface area contributed by atoms with Gasteiger partial charge in [-0.25, -0.2) is 0 Å². The Morgan fingerprint density at radius 3 is 2.85 bits per heavy atom. The Morgan fingerprint density at radius 1 is 1.42 bits per heavy atom. The van der Waals surface area contributed by atoms with Gasteiger partial charge in [0.15, 0.2) is 0 Å². The van der Waals surface area contributed by atoms with Crippen LogP contribution in [0.3, 0.4) is 0 Å². The molecule has 2 fully saturated rings. The lowest BCUT2D eigenvalue weighted by atomic mass is 9.73. The van der Waals surface area contributed by atoms with Gasteiger partial charge in [0.1, 0.15) is 11.2 Å². The number of carboxylic acids is 1. The summed E-state index contributed by atoms with van der Waals surface area (Å²) in [4.78, 5) is 28.8. The van der Waals surface area contributed by atoms with Gasteiger partial charge in [-0.2, -0.15) is 0 Å². The monoisotopic (exact) mass is 358 g/mol. The third kappa shape index (κ3) is 3.09. The normalized spacial score (nSPS) is 25.6. The molecule has 3 rings (SSSR count). The first-order valence-electron chi connectivity index (χ1n) is 8.90. The van der Waals surface area contributed by atoms with E-state index in [4.69, 9.17) is 4.74 Å². The van der Waals surface area contributed by atoms with Crippen molar-refractivity contribution in [1.82, 2.24) is 9.80 Å².